The molecule has 0 aromatic carbocycles. The molecule has 5 heteroatoms. The van der Waals surface area contributed by atoms with Gasteiger partial charge < -0.3 is 20.2 Å². The molecule has 0 amide bonds. The third kappa shape index (κ3) is 2.24. The van der Waals surface area contributed by atoms with E-state index in [-0.39, 0.29) is 6.54 Å². The van der Waals surface area contributed by atoms with Crippen molar-refractivity contribution in [3.63, 3.8) is 0 Å². The Labute approximate surface area is 83.5 Å². The average Bonchev–Trinajstić information content (AvgIpc) is 2.68. The van der Waals surface area contributed by atoms with Gasteiger partial charge in [0.05, 0.1) is 0 Å². The van der Waals surface area contributed by atoms with Crippen LogP contribution in [0.25, 0.3) is 0 Å². The van der Waals surface area contributed by atoms with E-state index in [0.29, 0.717) is 11.7 Å². The van der Waals surface area contributed by atoms with Gasteiger partial charge in [0.25, 0.3) is 6.01 Å². The Kier molecular flexibility index (Phi) is 3.91. The Hall–Kier alpha value is -1.07. The quantitative estimate of drug-likeness (QED) is 0.722. The molecule has 1 heterocycles. The maximum atomic E-state index is 9.40. The topological polar surface area (TPSA) is 75.5 Å². The summed E-state index contributed by atoms with van der Waals surface area (Å²) in [5, 5.41) is 9.40. The lowest BCUT2D eigenvalue weighted by Gasteiger charge is -2.14. The summed E-state index contributed by atoms with van der Waals surface area (Å²) in [7, 11) is 0. The minimum Gasteiger partial charge on any atom is -0.432 e. The van der Waals surface area contributed by atoms with Crippen molar-refractivity contribution in [1.82, 2.24) is 4.98 Å². The summed E-state index contributed by atoms with van der Waals surface area (Å²) in [4.78, 5) is 6.12. The van der Waals surface area contributed by atoms with Gasteiger partial charge in [-0.05, 0) is 13.8 Å². The third-order valence-electron chi connectivity index (χ3n) is 2.11. The van der Waals surface area contributed by atoms with Gasteiger partial charge in [-0.3, -0.25) is 0 Å². The Morgan fingerprint density at radius 3 is 2.71 bits per heavy atom. The fourth-order valence-corrected chi connectivity index (χ4v) is 1.19. The van der Waals surface area contributed by atoms with Crippen molar-refractivity contribution in [2.24, 2.45) is 5.73 Å². The van der Waals surface area contributed by atoms with Gasteiger partial charge in [0.1, 0.15) is 18.1 Å². The fraction of sp³-hybridized carbons (Fsp3) is 0.667. The molecule has 5 nitrogen and oxygen atoms in total. The molecule has 0 aliphatic carbocycles. The lowest BCUT2D eigenvalue weighted by atomic mass is 10.3. The molecule has 1 aromatic heterocycles. The molecule has 0 spiro atoms. The first kappa shape index (κ1) is 11.0. The lowest BCUT2D eigenvalue weighted by molar-refractivity contribution is 0.181. The van der Waals surface area contributed by atoms with Crippen LogP contribution >= 0.6 is 0 Å². The summed E-state index contributed by atoms with van der Waals surface area (Å²) in [6.07, 6.45) is 0.716. The zero-order valence-corrected chi connectivity index (χ0v) is 8.60. The van der Waals surface area contributed by atoms with E-state index in [2.05, 4.69) is 4.98 Å². The third-order valence-corrected chi connectivity index (χ3v) is 2.11. The van der Waals surface area contributed by atoms with Gasteiger partial charge in [0.15, 0.2) is 0 Å². The molecule has 0 aliphatic rings. The number of nitrogens with zero attached hydrogens (tertiary/aromatic N) is 2. The van der Waals surface area contributed by atoms with Gasteiger partial charge in [0.2, 0.25) is 0 Å². The second-order valence-electron chi connectivity index (χ2n) is 2.98. The minimum atomic E-state index is -0.733. The molecule has 0 bridgehead atoms. The monoisotopic (exact) mass is 199 g/mol. The van der Waals surface area contributed by atoms with E-state index in [9.17, 15) is 5.11 Å². The zero-order valence-electron chi connectivity index (χ0n) is 8.60. The van der Waals surface area contributed by atoms with Crippen LogP contribution in [0.3, 0.4) is 0 Å². The maximum absolute atomic E-state index is 9.40. The summed E-state index contributed by atoms with van der Waals surface area (Å²) < 4.78 is 5.23. The van der Waals surface area contributed by atoms with Gasteiger partial charge in [-0.15, -0.1) is 0 Å². The fourth-order valence-electron chi connectivity index (χ4n) is 1.19. The number of nitrogens with two attached hydrogens (primary N) is 1. The van der Waals surface area contributed by atoms with E-state index >= 15 is 0 Å². The van der Waals surface area contributed by atoms with Crippen LogP contribution < -0.4 is 10.6 Å². The highest BCUT2D eigenvalue weighted by atomic mass is 16.4. The van der Waals surface area contributed by atoms with Crippen LogP contribution in [0.15, 0.2) is 10.7 Å². The zero-order chi connectivity index (χ0) is 10.6. The summed E-state index contributed by atoms with van der Waals surface area (Å²) in [6.45, 7) is 5.86. The van der Waals surface area contributed by atoms with Crippen molar-refractivity contribution in [3.05, 3.63) is 12.0 Å². The molecule has 3 N–H and O–H groups in total. The standard InChI is InChI=1S/C9H17N3O2/c1-3-12(4-2)9-11-7(6-14-9)8(13)5-10/h6,8,13H,3-5,10H2,1-2H3. The first-order valence-electron chi connectivity index (χ1n) is 4.81. The predicted octanol–water partition coefficient (Wildman–Crippen LogP) is 0.513. The van der Waals surface area contributed by atoms with Crippen LogP contribution in [0.4, 0.5) is 6.01 Å². The van der Waals surface area contributed by atoms with Gasteiger partial charge in [-0.1, -0.05) is 0 Å². The molecule has 0 saturated carbocycles. The van der Waals surface area contributed by atoms with Gasteiger partial charge in [-0.25, -0.2) is 0 Å². The largest absolute Gasteiger partial charge is 0.432 e. The molecule has 0 radical (unpaired) electrons. The molecule has 0 saturated heterocycles. The minimum absolute atomic E-state index is 0.157. The normalized spacial score (nSPS) is 12.9. The number of anilines is 1. The molecule has 14 heavy (non-hydrogen) atoms. The Bertz CT molecular complexity index is 271. The van der Waals surface area contributed by atoms with Crippen molar-refractivity contribution in [1.29, 1.82) is 0 Å². The number of aliphatic hydroxyl groups is 1. The Balaban J connectivity index is 2.76. The molecular formula is C9H17N3O2. The molecule has 0 fully saturated rings. The molecule has 80 valence electrons. The Morgan fingerprint density at radius 1 is 1.57 bits per heavy atom. The average molecular weight is 199 g/mol. The van der Waals surface area contributed by atoms with Crippen LogP contribution in [0, 0.1) is 0 Å². The van der Waals surface area contributed by atoms with E-state index < -0.39 is 6.10 Å². The van der Waals surface area contributed by atoms with Crippen LogP contribution in [0.2, 0.25) is 0 Å². The molecule has 1 atom stereocenters. The number of oxazole rings is 1. The van der Waals surface area contributed by atoms with Crippen molar-refractivity contribution in [2.75, 3.05) is 24.5 Å². The number of hydrogen-bond donors (Lipinski definition) is 2. The molecular weight excluding hydrogens is 182 g/mol. The highest BCUT2D eigenvalue weighted by molar-refractivity contribution is 5.26. The summed E-state index contributed by atoms with van der Waals surface area (Å²) in [5.74, 6) is 0. The van der Waals surface area contributed by atoms with Crippen LogP contribution in [0.5, 0.6) is 0 Å². The number of rotatable bonds is 5. The van der Waals surface area contributed by atoms with E-state index in [1.807, 2.05) is 18.7 Å². The van der Waals surface area contributed by atoms with Crippen molar-refractivity contribution in [3.8, 4) is 0 Å². The summed E-state index contributed by atoms with van der Waals surface area (Å²) >= 11 is 0. The van der Waals surface area contributed by atoms with Crippen molar-refractivity contribution < 1.29 is 9.52 Å². The highest BCUT2D eigenvalue weighted by Gasteiger charge is 2.14. The van der Waals surface area contributed by atoms with Crippen LogP contribution in [-0.2, 0) is 0 Å². The first-order chi connectivity index (χ1) is 6.72. The van der Waals surface area contributed by atoms with Crippen molar-refractivity contribution >= 4 is 6.01 Å². The van der Waals surface area contributed by atoms with E-state index in [0.717, 1.165) is 13.1 Å². The van der Waals surface area contributed by atoms with E-state index in [4.69, 9.17) is 10.2 Å². The number of hydrogen-bond acceptors (Lipinski definition) is 5. The second-order valence-corrected chi connectivity index (χ2v) is 2.98. The number of aliphatic hydroxyl groups excluding tert-OH is 1. The highest BCUT2D eigenvalue weighted by Crippen LogP contribution is 2.17. The molecule has 1 unspecified atom stereocenters. The lowest BCUT2D eigenvalue weighted by Crippen LogP contribution is -2.22. The van der Waals surface area contributed by atoms with Crippen LogP contribution in [0.1, 0.15) is 25.6 Å². The Morgan fingerprint density at radius 2 is 2.21 bits per heavy atom. The summed E-state index contributed by atoms with van der Waals surface area (Å²) in [6, 6.07) is 0.539. The SMILES string of the molecule is CCN(CC)c1nc(C(O)CN)co1. The van der Waals surface area contributed by atoms with Gasteiger partial charge >= 0.3 is 0 Å². The number of aromatic nitrogens is 1. The van der Waals surface area contributed by atoms with Gasteiger partial charge in [-0.2, -0.15) is 4.98 Å². The smallest absolute Gasteiger partial charge is 0.297 e. The first-order valence-corrected chi connectivity index (χ1v) is 4.81. The summed E-state index contributed by atoms with van der Waals surface area (Å²) in [5.41, 5.74) is 5.80. The predicted molar refractivity (Wildman–Crippen MR) is 54.1 cm³/mol. The van der Waals surface area contributed by atoms with E-state index in [1.54, 1.807) is 0 Å². The molecule has 0 aliphatic heterocycles. The van der Waals surface area contributed by atoms with E-state index in [1.165, 1.54) is 6.26 Å². The maximum Gasteiger partial charge on any atom is 0.297 e. The molecule has 1 aromatic rings. The molecule has 1 rings (SSSR count). The second kappa shape index (κ2) is 4.97. The van der Waals surface area contributed by atoms with Gasteiger partial charge in [0, 0.05) is 19.6 Å². The van der Waals surface area contributed by atoms with Crippen LogP contribution in [-0.4, -0.2) is 29.7 Å². The van der Waals surface area contributed by atoms with Crippen molar-refractivity contribution in [2.45, 2.75) is 20.0 Å².